The van der Waals surface area contributed by atoms with Crippen LogP contribution in [0.15, 0.2) is 18.2 Å². The van der Waals surface area contributed by atoms with Gasteiger partial charge in [0, 0.05) is 23.5 Å². The van der Waals surface area contributed by atoms with Gasteiger partial charge in [0.05, 0.1) is 10.6 Å². The van der Waals surface area contributed by atoms with Crippen molar-refractivity contribution < 1.29 is 4.79 Å². The highest BCUT2D eigenvalue weighted by Gasteiger charge is 2.27. The van der Waals surface area contributed by atoms with Crippen molar-refractivity contribution in [1.82, 2.24) is 4.90 Å². The van der Waals surface area contributed by atoms with Gasteiger partial charge in [-0.25, -0.2) is 0 Å². The lowest BCUT2D eigenvalue weighted by molar-refractivity contribution is 0.0639. The van der Waals surface area contributed by atoms with Crippen molar-refractivity contribution in [2.45, 2.75) is 25.3 Å². The summed E-state index contributed by atoms with van der Waals surface area (Å²) in [5, 5.41) is 0.950. The average Bonchev–Trinajstić information content (AvgIpc) is 2.40. The molecule has 2 rings (SSSR count). The smallest absolute Gasteiger partial charge is 0.255 e. The molecule has 1 fully saturated rings. The standard InChI is InChI=1S/C13H14Cl3NO/c14-8-10-3-1-2-6-17(10)13(18)11-7-9(15)4-5-12(11)16/h4-5,7,10H,1-3,6,8H2. The van der Waals surface area contributed by atoms with E-state index < -0.39 is 0 Å². The number of amides is 1. The molecule has 5 heteroatoms. The van der Waals surface area contributed by atoms with Crippen molar-refractivity contribution in [3.63, 3.8) is 0 Å². The number of benzene rings is 1. The van der Waals surface area contributed by atoms with Crippen molar-refractivity contribution in [2.24, 2.45) is 0 Å². The highest BCUT2D eigenvalue weighted by atomic mass is 35.5. The van der Waals surface area contributed by atoms with Gasteiger partial charge in [0.2, 0.25) is 0 Å². The average molecular weight is 307 g/mol. The molecule has 1 amide bonds. The zero-order valence-corrected chi connectivity index (χ0v) is 12.1. The van der Waals surface area contributed by atoms with Crippen LogP contribution in [0.25, 0.3) is 0 Å². The van der Waals surface area contributed by atoms with E-state index in [9.17, 15) is 4.79 Å². The number of hydrogen-bond acceptors (Lipinski definition) is 1. The highest BCUT2D eigenvalue weighted by Crippen LogP contribution is 2.26. The molecule has 1 aromatic rings. The maximum absolute atomic E-state index is 12.5. The summed E-state index contributed by atoms with van der Waals surface area (Å²) < 4.78 is 0. The second kappa shape index (κ2) is 6.14. The Labute approximate surface area is 122 Å². The van der Waals surface area contributed by atoms with E-state index in [1.54, 1.807) is 18.2 Å². The van der Waals surface area contributed by atoms with Crippen LogP contribution in [-0.4, -0.2) is 29.3 Å². The van der Waals surface area contributed by atoms with E-state index in [4.69, 9.17) is 34.8 Å². The van der Waals surface area contributed by atoms with Crippen molar-refractivity contribution in [1.29, 1.82) is 0 Å². The minimum absolute atomic E-state index is 0.0761. The first-order valence-electron chi connectivity index (χ1n) is 5.95. The normalized spacial score (nSPS) is 19.9. The maximum Gasteiger partial charge on any atom is 0.255 e. The van der Waals surface area contributed by atoms with Crippen LogP contribution in [0.3, 0.4) is 0 Å². The first-order valence-corrected chi connectivity index (χ1v) is 7.24. The molecule has 98 valence electrons. The van der Waals surface area contributed by atoms with Crippen LogP contribution < -0.4 is 0 Å². The Balaban J connectivity index is 2.26. The minimum atomic E-state index is -0.0761. The molecule has 1 heterocycles. The highest BCUT2D eigenvalue weighted by molar-refractivity contribution is 6.35. The summed E-state index contributed by atoms with van der Waals surface area (Å²) in [7, 11) is 0. The topological polar surface area (TPSA) is 20.3 Å². The summed E-state index contributed by atoms with van der Waals surface area (Å²) in [5.41, 5.74) is 0.459. The van der Waals surface area contributed by atoms with Crippen LogP contribution in [-0.2, 0) is 0 Å². The van der Waals surface area contributed by atoms with Gasteiger partial charge in [-0.1, -0.05) is 23.2 Å². The fourth-order valence-corrected chi connectivity index (χ4v) is 2.94. The second-order valence-electron chi connectivity index (χ2n) is 4.43. The summed E-state index contributed by atoms with van der Waals surface area (Å²) >= 11 is 17.9. The molecule has 0 aliphatic carbocycles. The van der Waals surface area contributed by atoms with Gasteiger partial charge in [-0.05, 0) is 37.5 Å². The Kier molecular flexibility index (Phi) is 4.77. The predicted molar refractivity (Wildman–Crippen MR) is 75.9 cm³/mol. The third-order valence-electron chi connectivity index (χ3n) is 3.22. The molecule has 1 aliphatic heterocycles. The molecule has 0 spiro atoms. The van der Waals surface area contributed by atoms with Gasteiger partial charge in [0.25, 0.3) is 5.91 Å². The van der Waals surface area contributed by atoms with Crippen molar-refractivity contribution in [3.05, 3.63) is 33.8 Å². The Morgan fingerprint density at radius 2 is 2.11 bits per heavy atom. The number of hydrogen-bond donors (Lipinski definition) is 0. The molecule has 0 radical (unpaired) electrons. The largest absolute Gasteiger partial charge is 0.334 e. The molecule has 1 unspecified atom stereocenters. The van der Waals surface area contributed by atoms with Crippen molar-refractivity contribution >= 4 is 40.7 Å². The van der Waals surface area contributed by atoms with E-state index in [1.165, 1.54) is 0 Å². The molecule has 0 N–H and O–H groups in total. The summed E-state index contributed by atoms with van der Waals surface area (Å²) in [6.07, 6.45) is 3.08. The number of piperidine rings is 1. The molecule has 1 atom stereocenters. The molecule has 1 aliphatic rings. The Bertz CT molecular complexity index is 450. The second-order valence-corrected chi connectivity index (χ2v) is 5.58. The van der Waals surface area contributed by atoms with Crippen LogP contribution in [0.2, 0.25) is 10.0 Å². The molecule has 2 nitrogen and oxygen atoms in total. The molecule has 18 heavy (non-hydrogen) atoms. The third-order valence-corrected chi connectivity index (χ3v) is 4.15. The SMILES string of the molecule is O=C(c1cc(Cl)ccc1Cl)N1CCCCC1CCl. The van der Waals surface area contributed by atoms with Gasteiger partial charge >= 0.3 is 0 Å². The summed E-state index contributed by atoms with van der Waals surface area (Å²) in [4.78, 5) is 14.3. The quantitative estimate of drug-likeness (QED) is 0.749. The molecule has 0 aromatic heterocycles. The fraction of sp³-hybridized carbons (Fsp3) is 0.462. The van der Waals surface area contributed by atoms with Gasteiger partial charge in [-0.3, -0.25) is 4.79 Å². The Morgan fingerprint density at radius 3 is 2.83 bits per heavy atom. The molecule has 0 bridgehead atoms. The van der Waals surface area contributed by atoms with Crippen LogP contribution in [0, 0.1) is 0 Å². The van der Waals surface area contributed by atoms with E-state index in [0.29, 0.717) is 21.5 Å². The zero-order chi connectivity index (χ0) is 13.1. The lowest BCUT2D eigenvalue weighted by atomic mass is 10.0. The Hall–Kier alpha value is -0.440. The van der Waals surface area contributed by atoms with Gasteiger partial charge in [0.15, 0.2) is 0 Å². The van der Waals surface area contributed by atoms with Crippen LogP contribution in [0.5, 0.6) is 0 Å². The monoisotopic (exact) mass is 305 g/mol. The fourth-order valence-electron chi connectivity index (χ4n) is 2.24. The van der Waals surface area contributed by atoms with E-state index in [-0.39, 0.29) is 11.9 Å². The number of halogens is 3. The maximum atomic E-state index is 12.5. The molecular formula is C13H14Cl3NO. The van der Waals surface area contributed by atoms with Crippen LogP contribution in [0.4, 0.5) is 0 Å². The number of rotatable bonds is 2. The molecule has 1 saturated heterocycles. The van der Waals surface area contributed by atoms with Gasteiger partial charge in [-0.15, -0.1) is 11.6 Å². The predicted octanol–water partition coefficient (Wildman–Crippen LogP) is 4.23. The lowest BCUT2D eigenvalue weighted by Gasteiger charge is -2.34. The number of carbonyl (C=O) groups is 1. The van der Waals surface area contributed by atoms with Crippen LogP contribution >= 0.6 is 34.8 Å². The third kappa shape index (κ3) is 2.93. The Morgan fingerprint density at radius 1 is 1.33 bits per heavy atom. The first-order chi connectivity index (χ1) is 8.63. The summed E-state index contributed by atoms with van der Waals surface area (Å²) in [6, 6.07) is 5.04. The summed E-state index contributed by atoms with van der Waals surface area (Å²) in [5.74, 6) is 0.386. The van der Waals surface area contributed by atoms with E-state index in [2.05, 4.69) is 0 Å². The van der Waals surface area contributed by atoms with Crippen molar-refractivity contribution in [3.8, 4) is 0 Å². The van der Waals surface area contributed by atoms with E-state index >= 15 is 0 Å². The summed E-state index contributed by atoms with van der Waals surface area (Å²) in [6.45, 7) is 0.735. The molecule has 1 aromatic carbocycles. The molecule has 0 saturated carbocycles. The van der Waals surface area contributed by atoms with Gasteiger partial charge < -0.3 is 4.90 Å². The number of likely N-dealkylation sites (tertiary alicyclic amines) is 1. The van der Waals surface area contributed by atoms with Gasteiger partial charge in [-0.2, -0.15) is 0 Å². The van der Waals surface area contributed by atoms with E-state index in [0.717, 1.165) is 25.8 Å². The first kappa shape index (κ1) is 14.0. The number of carbonyl (C=O) groups excluding carboxylic acids is 1. The minimum Gasteiger partial charge on any atom is -0.334 e. The zero-order valence-electron chi connectivity index (χ0n) is 9.83. The number of alkyl halides is 1. The number of nitrogens with zero attached hydrogens (tertiary/aromatic N) is 1. The molecular weight excluding hydrogens is 293 g/mol. The van der Waals surface area contributed by atoms with Crippen LogP contribution in [0.1, 0.15) is 29.6 Å². The van der Waals surface area contributed by atoms with E-state index in [1.807, 2.05) is 4.90 Å². The lowest BCUT2D eigenvalue weighted by Crippen LogP contribution is -2.44. The van der Waals surface area contributed by atoms with Gasteiger partial charge in [0.1, 0.15) is 0 Å². The van der Waals surface area contributed by atoms with Crippen molar-refractivity contribution in [2.75, 3.05) is 12.4 Å².